The number of benzene rings is 2. The van der Waals surface area contributed by atoms with E-state index in [0.29, 0.717) is 5.92 Å². The summed E-state index contributed by atoms with van der Waals surface area (Å²) in [5, 5.41) is 8.56. The van der Waals surface area contributed by atoms with Crippen LogP contribution >= 0.6 is 0 Å². The third-order valence-corrected chi connectivity index (χ3v) is 5.92. The normalized spacial score (nSPS) is 17.0. The van der Waals surface area contributed by atoms with Crippen molar-refractivity contribution in [2.75, 3.05) is 26.2 Å². The van der Waals surface area contributed by atoms with E-state index < -0.39 is 0 Å². The lowest BCUT2D eigenvalue weighted by molar-refractivity contribution is 0.0745. The van der Waals surface area contributed by atoms with Crippen molar-refractivity contribution >= 4 is 0 Å². The Morgan fingerprint density at radius 2 is 1.30 bits per heavy atom. The molecule has 158 valence electrons. The van der Waals surface area contributed by atoms with Crippen LogP contribution in [0.5, 0.6) is 0 Å². The van der Waals surface area contributed by atoms with Gasteiger partial charge in [-0.05, 0) is 24.0 Å². The van der Waals surface area contributed by atoms with E-state index in [2.05, 4.69) is 101 Å². The quantitative estimate of drug-likeness (QED) is 0.569. The standard InChI is InChI=1S/C25H32N4O/c1-19(2)18-23-26-27-25(30-23)20(3)28-14-16-29(17-15-28)24(21-10-6-4-7-11-21)22-12-8-5-9-13-22/h4-13,19-20,24H,14-18H2,1-3H3. The third-order valence-electron chi connectivity index (χ3n) is 5.92. The minimum Gasteiger partial charge on any atom is -0.424 e. The molecule has 1 atom stereocenters. The molecule has 30 heavy (non-hydrogen) atoms. The molecule has 0 amide bonds. The molecule has 1 fully saturated rings. The Kier molecular flexibility index (Phi) is 6.60. The van der Waals surface area contributed by atoms with Crippen molar-refractivity contribution in [3.63, 3.8) is 0 Å². The van der Waals surface area contributed by atoms with Gasteiger partial charge in [0.05, 0.1) is 12.1 Å². The van der Waals surface area contributed by atoms with Crippen molar-refractivity contribution in [3.05, 3.63) is 83.6 Å². The van der Waals surface area contributed by atoms with Crippen LogP contribution in [0.25, 0.3) is 0 Å². The number of rotatable bonds is 7. The number of hydrogen-bond acceptors (Lipinski definition) is 5. The van der Waals surface area contributed by atoms with Gasteiger partial charge in [0.25, 0.3) is 0 Å². The van der Waals surface area contributed by atoms with Crippen LogP contribution in [0.2, 0.25) is 0 Å². The summed E-state index contributed by atoms with van der Waals surface area (Å²) >= 11 is 0. The van der Waals surface area contributed by atoms with Gasteiger partial charge in [0.15, 0.2) is 0 Å². The van der Waals surface area contributed by atoms with Crippen LogP contribution in [0, 0.1) is 5.92 Å². The van der Waals surface area contributed by atoms with Crippen LogP contribution in [0.4, 0.5) is 0 Å². The van der Waals surface area contributed by atoms with Gasteiger partial charge in [-0.2, -0.15) is 0 Å². The van der Waals surface area contributed by atoms with Crippen LogP contribution < -0.4 is 0 Å². The Hall–Kier alpha value is -2.50. The summed E-state index contributed by atoms with van der Waals surface area (Å²) in [5.41, 5.74) is 2.70. The highest BCUT2D eigenvalue weighted by molar-refractivity contribution is 5.32. The van der Waals surface area contributed by atoms with Gasteiger partial charge in [-0.15, -0.1) is 10.2 Å². The average Bonchev–Trinajstić information content (AvgIpc) is 3.23. The molecule has 2 heterocycles. The maximum absolute atomic E-state index is 5.94. The van der Waals surface area contributed by atoms with E-state index in [9.17, 15) is 0 Å². The van der Waals surface area contributed by atoms with E-state index >= 15 is 0 Å². The zero-order valence-corrected chi connectivity index (χ0v) is 18.2. The van der Waals surface area contributed by atoms with Gasteiger partial charge in [0.2, 0.25) is 11.8 Å². The van der Waals surface area contributed by atoms with Gasteiger partial charge >= 0.3 is 0 Å². The number of nitrogens with zero attached hydrogens (tertiary/aromatic N) is 4. The maximum atomic E-state index is 5.94. The molecule has 0 radical (unpaired) electrons. The van der Waals surface area contributed by atoms with Crippen LogP contribution in [-0.4, -0.2) is 46.2 Å². The number of piperazine rings is 1. The largest absolute Gasteiger partial charge is 0.424 e. The van der Waals surface area contributed by atoms with E-state index in [1.165, 1.54) is 11.1 Å². The van der Waals surface area contributed by atoms with Crippen molar-refractivity contribution in [1.29, 1.82) is 0 Å². The van der Waals surface area contributed by atoms with E-state index in [1.807, 2.05) is 0 Å². The first-order chi connectivity index (χ1) is 14.6. The SMILES string of the molecule is CC(C)Cc1nnc(C(C)N2CCN(C(c3ccccc3)c3ccccc3)CC2)o1. The molecule has 0 N–H and O–H groups in total. The molecule has 3 aromatic rings. The second-order valence-corrected chi connectivity index (χ2v) is 8.60. The first-order valence-electron chi connectivity index (χ1n) is 11.0. The fourth-order valence-electron chi connectivity index (χ4n) is 4.29. The molecule has 1 aliphatic rings. The predicted molar refractivity (Wildman–Crippen MR) is 119 cm³/mol. The van der Waals surface area contributed by atoms with Gasteiger partial charge < -0.3 is 4.42 Å². The Labute approximate surface area is 179 Å². The van der Waals surface area contributed by atoms with Crippen molar-refractivity contribution < 1.29 is 4.42 Å². The number of hydrogen-bond donors (Lipinski definition) is 0. The molecule has 1 unspecified atom stereocenters. The van der Waals surface area contributed by atoms with Crippen molar-refractivity contribution in [1.82, 2.24) is 20.0 Å². The molecule has 0 spiro atoms. The minimum atomic E-state index is 0.146. The summed E-state index contributed by atoms with van der Waals surface area (Å²) in [6.07, 6.45) is 0.837. The molecule has 1 saturated heterocycles. The highest BCUT2D eigenvalue weighted by atomic mass is 16.4. The van der Waals surface area contributed by atoms with E-state index in [0.717, 1.165) is 44.4 Å². The first kappa shape index (κ1) is 20.8. The molecule has 0 aliphatic carbocycles. The molecule has 1 aliphatic heterocycles. The zero-order chi connectivity index (χ0) is 20.9. The third kappa shape index (κ3) is 4.79. The Morgan fingerprint density at radius 1 is 0.767 bits per heavy atom. The molecule has 0 bridgehead atoms. The maximum Gasteiger partial charge on any atom is 0.233 e. The first-order valence-corrected chi connectivity index (χ1v) is 11.0. The summed E-state index contributed by atoms with van der Waals surface area (Å²) in [6, 6.07) is 22.1. The average molecular weight is 405 g/mol. The summed E-state index contributed by atoms with van der Waals surface area (Å²) in [6.45, 7) is 10.5. The second kappa shape index (κ2) is 9.54. The fraction of sp³-hybridized carbons (Fsp3) is 0.440. The molecule has 5 nitrogen and oxygen atoms in total. The Bertz CT molecular complexity index is 862. The van der Waals surface area contributed by atoms with E-state index in [-0.39, 0.29) is 12.1 Å². The molecule has 5 heteroatoms. The zero-order valence-electron chi connectivity index (χ0n) is 18.2. The van der Waals surface area contributed by atoms with E-state index in [4.69, 9.17) is 4.42 Å². The lowest BCUT2D eigenvalue weighted by atomic mass is 9.96. The lowest BCUT2D eigenvalue weighted by Crippen LogP contribution is -2.48. The van der Waals surface area contributed by atoms with Crippen molar-refractivity contribution in [2.24, 2.45) is 5.92 Å². The van der Waals surface area contributed by atoms with Crippen LogP contribution in [-0.2, 0) is 6.42 Å². The predicted octanol–water partition coefficient (Wildman–Crippen LogP) is 4.74. The lowest BCUT2D eigenvalue weighted by Gasteiger charge is -2.41. The fourth-order valence-corrected chi connectivity index (χ4v) is 4.29. The molecule has 4 rings (SSSR count). The monoisotopic (exact) mass is 404 g/mol. The number of aromatic nitrogens is 2. The molecule has 2 aromatic carbocycles. The van der Waals surface area contributed by atoms with Crippen LogP contribution in [0.3, 0.4) is 0 Å². The van der Waals surface area contributed by atoms with Crippen LogP contribution in [0.15, 0.2) is 65.1 Å². The summed E-state index contributed by atoms with van der Waals surface area (Å²) < 4.78 is 5.94. The second-order valence-electron chi connectivity index (χ2n) is 8.60. The molecular weight excluding hydrogens is 372 g/mol. The highest BCUT2D eigenvalue weighted by Crippen LogP contribution is 2.31. The van der Waals surface area contributed by atoms with Gasteiger partial charge in [-0.3, -0.25) is 9.80 Å². The smallest absolute Gasteiger partial charge is 0.233 e. The Balaban J connectivity index is 1.45. The van der Waals surface area contributed by atoms with Crippen LogP contribution in [0.1, 0.15) is 55.8 Å². The van der Waals surface area contributed by atoms with Gasteiger partial charge in [-0.25, -0.2) is 0 Å². The van der Waals surface area contributed by atoms with E-state index in [1.54, 1.807) is 0 Å². The summed E-state index contributed by atoms with van der Waals surface area (Å²) in [7, 11) is 0. The highest BCUT2D eigenvalue weighted by Gasteiger charge is 2.30. The van der Waals surface area contributed by atoms with Gasteiger partial charge in [-0.1, -0.05) is 74.5 Å². The summed E-state index contributed by atoms with van der Waals surface area (Å²) in [4.78, 5) is 5.04. The Morgan fingerprint density at radius 3 is 1.83 bits per heavy atom. The van der Waals surface area contributed by atoms with Crippen molar-refractivity contribution in [3.8, 4) is 0 Å². The minimum absolute atomic E-state index is 0.146. The molecular formula is C25H32N4O. The molecule has 1 aromatic heterocycles. The van der Waals surface area contributed by atoms with Gasteiger partial charge in [0.1, 0.15) is 0 Å². The topological polar surface area (TPSA) is 45.4 Å². The molecule has 0 saturated carbocycles. The van der Waals surface area contributed by atoms with Gasteiger partial charge in [0, 0.05) is 32.6 Å². The van der Waals surface area contributed by atoms with Crippen molar-refractivity contribution in [2.45, 2.75) is 39.3 Å². The summed E-state index contributed by atoms with van der Waals surface area (Å²) in [5.74, 6) is 2.01.